The Morgan fingerprint density at radius 3 is 2.74 bits per heavy atom. The number of benzene rings is 1. The molecule has 0 amide bonds. The van der Waals surface area contributed by atoms with Crippen molar-refractivity contribution in [3.63, 3.8) is 0 Å². The summed E-state index contributed by atoms with van der Waals surface area (Å²) in [6.07, 6.45) is 7.83. The molecular formula is C21H34BN. The molecule has 3 rings (SSSR count). The summed E-state index contributed by atoms with van der Waals surface area (Å²) in [6.45, 7) is 14.3. The number of hydrogen-bond acceptors (Lipinski definition) is 1. The summed E-state index contributed by atoms with van der Waals surface area (Å²) in [6, 6.07) is 4.91. The molecule has 0 bridgehead atoms. The third-order valence-electron chi connectivity index (χ3n) is 6.25. The lowest BCUT2D eigenvalue weighted by Gasteiger charge is -2.41. The summed E-state index contributed by atoms with van der Waals surface area (Å²) in [5, 5.41) is 0. The van der Waals surface area contributed by atoms with E-state index in [1.807, 2.05) is 0 Å². The van der Waals surface area contributed by atoms with Gasteiger partial charge in [0.05, 0.1) is 0 Å². The van der Waals surface area contributed by atoms with Gasteiger partial charge in [0.15, 0.2) is 0 Å². The van der Waals surface area contributed by atoms with Crippen LogP contribution in [0.3, 0.4) is 0 Å². The fourth-order valence-electron chi connectivity index (χ4n) is 4.60. The fraction of sp³-hybridized carbons (Fsp3) is 0.714. The van der Waals surface area contributed by atoms with Crippen molar-refractivity contribution in [1.82, 2.24) is 4.90 Å². The summed E-state index contributed by atoms with van der Waals surface area (Å²) in [4.78, 5) is 2.66. The van der Waals surface area contributed by atoms with Gasteiger partial charge in [0.25, 0.3) is 0 Å². The van der Waals surface area contributed by atoms with Crippen molar-refractivity contribution in [3.05, 3.63) is 34.4 Å². The van der Waals surface area contributed by atoms with Gasteiger partial charge in [-0.15, -0.1) is 0 Å². The smallest absolute Gasteiger partial charge is 0.141 e. The Bertz CT molecular complexity index is 533. The van der Waals surface area contributed by atoms with Crippen LogP contribution in [0.15, 0.2) is 12.1 Å². The van der Waals surface area contributed by atoms with Crippen LogP contribution in [0.1, 0.15) is 49.4 Å². The third-order valence-corrected chi connectivity index (χ3v) is 6.25. The molecule has 0 saturated carbocycles. The SMILES string of the molecule is CCc1c(CC2CN(CC(C)CC)C2)ccc2c1CB(C)CC2. The summed E-state index contributed by atoms with van der Waals surface area (Å²) in [5.41, 5.74) is 6.73. The van der Waals surface area contributed by atoms with Gasteiger partial charge in [-0.3, -0.25) is 0 Å². The second-order valence-electron chi connectivity index (χ2n) is 8.34. The first-order chi connectivity index (χ1) is 11.1. The van der Waals surface area contributed by atoms with Crippen LogP contribution in [0.5, 0.6) is 0 Å². The molecule has 1 unspecified atom stereocenters. The van der Waals surface area contributed by atoms with E-state index in [9.17, 15) is 0 Å². The molecule has 2 aliphatic rings. The summed E-state index contributed by atoms with van der Waals surface area (Å²) < 4.78 is 0. The first-order valence-corrected chi connectivity index (χ1v) is 9.95. The summed E-state index contributed by atoms with van der Waals surface area (Å²) in [5.74, 6) is 1.75. The highest BCUT2D eigenvalue weighted by Gasteiger charge is 2.29. The first-order valence-electron chi connectivity index (χ1n) is 9.95. The van der Waals surface area contributed by atoms with Crippen LogP contribution in [0.25, 0.3) is 0 Å². The van der Waals surface area contributed by atoms with E-state index >= 15 is 0 Å². The molecule has 0 aromatic heterocycles. The Morgan fingerprint density at radius 2 is 2.04 bits per heavy atom. The third kappa shape index (κ3) is 3.84. The van der Waals surface area contributed by atoms with E-state index in [-0.39, 0.29) is 0 Å². The molecule has 1 aromatic rings. The quantitative estimate of drug-likeness (QED) is 0.698. The van der Waals surface area contributed by atoms with Crippen LogP contribution in [-0.2, 0) is 25.6 Å². The van der Waals surface area contributed by atoms with E-state index in [2.05, 4.69) is 44.6 Å². The lowest BCUT2D eigenvalue weighted by atomic mass is 9.42. The lowest BCUT2D eigenvalue weighted by Crippen LogP contribution is -2.49. The van der Waals surface area contributed by atoms with Crippen LogP contribution in [0, 0.1) is 11.8 Å². The minimum absolute atomic E-state index is 0.854. The molecule has 2 aliphatic heterocycles. The van der Waals surface area contributed by atoms with Crippen molar-refractivity contribution < 1.29 is 0 Å². The van der Waals surface area contributed by atoms with Gasteiger partial charge >= 0.3 is 0 Å². The van der Waals surface area contributed by atoms with Gasteiger partial charge in [0, 0.05) is 19.6 Å². The molecule has 126 valence electrons. The zero-order valence-electron chi connectivity index (χ0n) is 15.7. The monoisotopic (exact) mass is 311 g/mol. The Hall–Kier alpha value is -0.755. The molecule has 2 heteroatoms. The Balaban J connectivity index is 1.64. The molecule has 0 spiro atoms. The van der Waals surface area contributed by atoms with Crippen LogP contribution in [0.2, 0.25) is 13.1 Å². The number of likely N-dealkylation sites (tertiary alicyclic amines) is 1. The van der Waals surface area contributed by atoms with Gasteiger partial charge in [0.2, 0.25) is 0 Å². The van der Waals surface area contributed by atoms with E-state index in [1.54, 1.807) is 22.3 Å². The molecular weight excluding hydrogens is 277 g/mol. The molecule has 0 radical (unpaired) electrons. The zero-order chi connectivity index (χ0) is 16.4. The Labute approximate surface area is 143 Å². The lowest BCUT2D eigenvalue weighted by molar-refractivity contribution is 0.0837. The van der Waals surface area contributed by atoms with Crippen molar-refractivity contribution in [2.45, 2.75) is 65.9 Å². The predicted octanol–water partition coefficient (Wildman–Crippen LogP) is 4.53. The van der Waals surface area contributed by atoms with E-state index in [0.717, 1.165) is 18.5 Å². The Morgan fingerprint density at radius 1 is 1.26 bits per heavy atom. The second-order valence-corrected chi connectivity index (χ2v) is 8.34. The van der Waals surface area contributed by atoms with Gasteiger partial charge in [0.1, 0.15) is 6.71 Å². The highest BCUT2D eigenvalue weighted by atomic mass is 15.2. The molecule has 0 N–H and O–H groups in total. The summed E-state index contributed by atoms with van der Waals surface area (Å²) in [7, 11) is 0. The van der Waals surface area contributed by atoms with Crippen LogP contribution in [-0.4, -0.2) is 31.2 Å². The topological polar surface area (TPSA) is 3.24 Å². The second kappa shape index (κ2) is 7.42. The van der Waals surface area contributed by atoms with Crippen molar-refractivity contribution >= 4 is 6.71 Å². The maximum Gasteiger partial charge on any atom is 0.141 e. The maximum atomic E-state index is 2.66. The van der Waals surface area contributed by atoms with Crippen molar-refractivity contribution in [1.29, 1.82) is 0 Å². The minimum Gasteiger partial charge on any atom is -0.302 e. The highest BCUT2D eigenvalue weighted by molar-refractivity contribution is 6.57. The van der Waals surface area contributed by atoms with Gasteiger partial charge in [-0.1, -0.05) is 52.5 Å². The van der Waals surface area contributed by atoms with Crippen molar-refractivity contribution in [2.75, 3.05) is 19.6 Å². The highest BCUT2D eigenvalue weighted by Crippen LogP contribution is 2.30. The van der Waals surface area contributed by atoms with E-state index in [1.165, 1.54) is 58.0 Å². The van der Waals surface area contributed by atoms with Crippen molar-refractivity contribution in [2.24, 2.45) is 11.8 Å². The summed E-state index contributed by atoms with van der Waals surface area (Å²) >= 11 is 0. The largest absolute Gasteiger partial charge is 0.302 e. The van der Waals surface area contributed by atoms with Gasteiger partial charge in [-0.05, 0) is 59.7 Å². The van der Waals surface area contributed by atoms with Gasteiger partial charge in [-0.2, -0.15) is 0 Å². The molecule has 1 aromatic carbocycles. The van der Waals surface area contributed by atoms with Crippen molar-refractivity contribution in [3.8, 4) is 0 Å². The normalized spacial score (nSPS) is 20.3. The number of aryl methyl sites for hydroxylation is 1. The number of fused-ring (bicyclic) bond motifs is 1. The predicted molar refractivity (Wildman–Crippen MR) is 103 cm³/mol. The number of nitrogens with zero attached hydrogens (tertiary/aromatic N) is 1. The molecule has 2 heterocycles. The number of rotatable bonds is 6. The van der Waals surface area contributed by atoms with Gasteiger partial charge in [-0.25, -0.2) is 0 Å². The average molecular weight is 311 g/mol. The Kier molecular flexibility index (Phi) is 5.51. The maximum absolute atomic E-state index is 2.66. The fourth-order valence-corrected chi connectivity index (χ4v) is 4.60. The molecule has 1 atom stereocenters. The average Bonchev–Trinajstić information content (AvgIpc) is 2.52. The molecule has 23 heavy (non-hydrogen) atoms. The van der Waals surface area contributed by atoms with E-state index in [0.29, 0.717) is 0 Å². The molecule has 1 fully saturated rings. The van der Waals surface area contributed by atoms with Crippen LogP contribution < -0.4 is 0 Å². The van der Waals surface area contributed by atoms with Crippen LogP contribution >= 0.6 is 0 Å². The van der Waals surface area contributed by atoms with E-state index < -0.39 is 0 Å². The molecule has 1 nitrogen and oxygen atoms in total. The molecule has 0 aliphatic carbocycles. The van der Waals surface area contributed by atoms with Crippen LogP contribution in [0.4, 0.5) is 0 Å². The zero-order valence-corrected chi connectivity index (χ0v) is 15.7. The minimum atomic E-state index is 0.854. The molecule has 1 saturated heterocycles. The van der Waals surface area contributed by atoms with Gasteiger partial charge < -0.3 is 4.90 Å². The standard InChI is InChI=1S/C21H34BN/c1-5-16(3)13-23-14-17(15-23)11-19-8-7-18-9-10-22(4)12-21(18)20(19)6-2/h7-8,16-17H,5-6,9-15H2,1-4H3. The first kappa shape index (κ1) is 17.1. The van der Waals surface area contributed by atoms with E-state index in [4.69, 9.17) is 0 Å². The number of hydrogen-bond donors (Lipinski definition) is 0.